The molecule has 19 heavy (non-hydrogen) atoms. The summed E-state index contributed by atoms with van der Waals surface area (Å²) >= 11 is 0. The minimum absolute atomic E-state index is 0.650. The summed E-state index contributed by atoms with van der Waals surface area (Å²) in [5.41, 5.74) is 2.61. The lowest BCUT2D eigenvalue weighted by Gasteiger charge is -2.04. The molecule has 0 bridgehead atoms. The SMILES string of the molecule is CNc1nc(C)nc2c1nnn2Cc1ccccc1. The minimum Gasteiger partial charge on any atom is -0.371 e. The normalized spacial score (nSPS) is 10.8. The van der Waals surface area contributed by atoms with Gasteiger partial charge < -0.3 is 5.32 Å². The molecule has 0 aliphatic rings. The average molecular weight is 254 g/mol. The summed E-state index contributed by atoms with van der Waals surface area (Å²) in [6, 6.07) is 10.1. The number of aromatic nitrogens is 5. The Morgan fingerprint density at radius 3 is 2.68 bits per heavy atom. The molecule has 1 N–H and O–H groups in total. The molecule has 0 saturated carbocycles. The summed E-state index contributed by atoms with van der Waals surface area (Å²) in [4.78, 5) is 8.73. The maximum absolute atomic E-state index is 4.43. The van der Waals surface area contributed by atoms with E-state index in [0.717, 1.165) is 11.2 Å². The summed E-state index contributed by atoms with van der Waals surface area (Å²) in [5, 5.41) is 11.3. The molecule has 0 saturated heterocycles. The van der Waals surface area contributed by atoms with Crippen LogP contribution in [0.1, 0.15) is 11.4 Å². The zero-order chi connectivity index (χ0) is 13.2. The maximum Gasteiger partial charge on any atom is 0.184 e. The number of aryl methyl sites for hydroxylation is 1. The third kappa shape index (κ3) is 2.12. The Balaban J connectivity index is 2.08. The second-order valence-corrected chi connectivity index (χ2v) is 4.27. The Morgan fingerprint density at radius 1 is 1.16 bits per heavy atom. The van der Waals surface area contributed by atoms with Crippen molar-refractivity contribution in [2.24, 2.45) is 0 Å². The number of hydrogen-bond acceptors (Lipinski definition) is 5. The van der Waals surface area contributed by atoms with Crippen LogP contribution in [0.5, 0.6) is 0 Å². The molecule has 2 aromatic heterocycles. The minimum atomic E-state index is 0.650. The third-order valence-electron chi connectivity index (χ3n) is 2.89. The number of nitrogens with one attached hydrogen (secondary N) is 1. The average Bonchev–Trinajstić information content (AvgIpc) is 2.82. The van der Waals surface area contributed by atoms with Crippen molar-refractivity contribution in [2.45, 2.75) is 13.5 Å². The first-order valence-corrected chi connectivity index (χ1v) is 6.07. The molecule has 0 aliphatic carbocycles. The van der Waals surface area contributed by atoms with Crippen molar-refractivity contribution in [3.05, 3.63) is 41.7 Å². The number of hydrogen-bond donors (Lipinski definition) is 1. The molecule has 0 aliphatic heterocycles. The van der Waals surface area contributed by atoms with E-state index in [1.54, 1.807) is 4.68 Å². The standard InChI is InChI=1S/C13H14N6/c1-9-15-12(14-2)11-13(16-9)19(18-17-11)8-10-6-4-3-5-7-10/h3-7H,8H2,1-2H3,(H,14,15,16). The first-order chi connectivity index (χ1) is 9.28. The van der Waals surface area contributed by atoms with Gasteiger partial charge in [0.2, 0.25) is 0 Å². The molecule has 0 fully saturated rings. The van der Waals surface area contributed by atoms with Gasteiger partial charge in [0.25, 0.3) is 0 Å². The van der Waals surface area contributed by atoms with Crippen LogP contribution in [-0.4, -0.2) is 32.0 Å². The van der Waals surface area contributed by atoms with Crippen LogP contribution in [0, 0.1) is 6.92 Å². The lowest BCUT2D eigenvalue weighted by Crippen LogP contribution is -2.04. The number of nitrogens with zero attached hydrogens (tertiary/aromatic N) is 5. The van der Waals surface area contributed by atoms with Gasteiger partial charge in [0.05, 0.1) is 6.54 Å². The number of fused-ring (bicyclic) bond motifs is 1. The maximum atomic E-state index is 4.43. The van der Waals surface area contributed by atoms with Gasteiger partial charge in [-0.25, -0.2) is 14.6 Å². The van der Waals surface area contributed by atoms with Gasteiger partial charge in [-0.1, -0.05) is 35.5 Å². The molecule has 6 nitrogen and oxygen atoms in total. The van der Waals surface area contributed by atoms with Gasteiger partial charge in [-0.15, -0.1) is 5.10 Å². The van der Waals surface area contributed by atoms with Crippen molar-refractivity contribution in [1.82, 2.24) is 25.0 Å². The second-order valence-electron chi connectivity index (χ2n) is 4.27. The molecule has 96 valence electrons. The van der Waals surface area contributed by atoms with Crippen LogP contribution in [0.4, 0.5) is 5.82 Å². The van der Waals surface area contributed by atoms with E-state index in [0.29, 0.717) is 23.7 Å². The van der Waals surface area contributed by atoms with E-state index in [1.807, 2.05) is 32.2 Å². The van der Waals surface area contributed by atoms with E-state index < -0.39 is 0 Å². The van der Waals surface area contributed by atoms with E-state index in [-0.39, 0.29) is 0 Å². The van der Waals surface area contributed by atoms with E-state index in [4.69, 9.17) is 0 Å². The van der Waals surface area contributed by atoms with Gasteiger partial charge >= 0.3 is 0 Å². The highest BCUT2D eigenvalue weighted by molar-refractivity contribution is 5.82. The van der Waals surface area contributed by atoms with Crippen LogP contribution in [0.25, 0.3) is 11.2 Å². The topological polar surface area (TPSA) is 68.5 Å². The van der Waals surface area contributed by atoms with Crippen molar-refractivity contribution in [3.63, 3.8) is 0 Å². The Morgan fingerprint density at radius 2 is 1.95 bits per heavy atom. The van der Waals surface area contributed by atoms with Crippen LogP contribution in [0.15, 0.2) is 30.3 Å². The van der Waals surface area contributed by atoms with Crippen molar-refractivity contribution in [3.8, 4) is 0 Å². The zero-order valence-electron chi connectivity index (χ0n) is 10.8. The number of rotatable bonds is 3. The largest absolute Gasteiger partial charge is 0.371 e. The highest BCUT2D eigenvalue weighted by Crippen LogP contribution is 2.17. The summed E-state index contributed by atoms with van der Waals surface area (Å²) in [6.07, 6.45) is 0. The zero-order valence-corrected chi connectivity index (χ0v) is 10.8. The van der Waals surface area contributed by atoms with Crippen LogP contribution in [-0.2, 0) is 6.54 Å². The van der Waals surface area contributed by atoms with Crippen LogP contribution in [0.3, 0.4) is 0 Å². The molecular weight excluding hydrogens is 240 g/mol. The highest BCUT2D eigenvalue weighted by Gasteiger charge is 2.12. The molecule has 0 spiro atoms. The fourth-order valence-corrected chi connectivity index (χ4v) is 2.00. The van der Waals surface area contributed by atoms with E-state index in [2.05, 4.69) is 37.7 Å². The molecule has 0 atom stereocenters. The first kappa shape index (κ1) is 11.6. The predicted molar refractivity (Wildman–Crippen MR) is 72.9 cm³/mol. The Kier molecular flexibility index (Phi) is 2.83. The first-order valence-electron chi connectivity index (χ1n) is 6.07. The predicted octanol–water partition coefficient (Wildman–Crippen LogP) is 1.62. The van der Waals surface area contributed by atoms with Crippen molar-refractivity contribution in [1.29, 1.82) is 0 Å². The van der Waals surface area contributed by atoms with Gasteiger partial charge in [-0.3, -0.25) is 0 Å². The molecule has 3 aromatic rings. The summed E-state index contributed by atoms with van der Waals surface area (Å²) in [7, 11) is 1.82. The lowest BCUT2D eigenvalue weighted by atomic mass is 10.2. The second kappa shape index (κ2) is 4.64. The Bertz CT molecular complexity index is 704. The van der Waals surface area contributed by atoms with E-state index in [1.165, 1.54) is 0 Å². The van der Waals surface area contributed by atoms with Crippen molar-refractivity contribution >= 4 is 17.0 Å². The monoisotopic (exact) mass is 254 g/mol. The molecule has 0 radical (unpaired) electrons. The molecule has 0 unspecified atom stereocenters. The molecule has 6 heteroatoms. The van der Waals surface area contributed by atoms with Crippen LogP contribution in [0.2, 0.25) is 0 Å². The quantitative estimate of drug-likeness (QED) is 0.769. The smallest absolute Gasteiger partial charge is 0.184 e. The third-order valence-corrected chi connectivity index (χ3v) is 2.89. The summed E-state index contributed by atoms with van der Waals surface area (Å²) in [6.45, 7) is 2.51. The number of benzene rings is 1. The van der Waals surface area contributed by atoms with Gasteiger partial charge in [0, 0.05) is 7.05 Å². The molecular formula is C13H14N6. The fraction of sp³-hybridized carbons (Fsp3) is 0.231. The fourth-order valence-electron chi connectivity index (χ4n) is 2.00. The van der Waals surface area contributed by atoms with E-state index in [9.17, 15) is 0 Å². The number of anilines is 1. The Hall–Kier alpha value is -2.50. The molecule has 0 amide bonds. The van der Waals surface area contributed by atoms with Gasteiger partial charge in [0.15, 0.2) is 17.0 Å². The summed E-state index contributed by atoms with van der Waals surface area (Å²) < 4.78 is 1.79. The molecule has 3 rings (SSSR count). The van der Waals surface area contributed by atoms with Gasteiger partial charge in [-0.2, -0.15) is 0 Å². The van der Waals surface area contributed by atoms with Crippen molar-refractivity contribution in [2.75, 3.05) is 12.4 Å². The Labute approximate surface area is 110 Å². The van der Waals surface area contributed by atoms with Crippen LogP contribution < -0.4 is 5.32 Å². The summed E-state index contributed by atoms with van der Waals surface area (Å²) in [5.74, 6) is 1.41. The molecule has 2 heterocycles. The van der Waals surface area contributed by atoms with Gasteiger partial charge in [-0.05, 0) is 12.5 Å². The molecule has 1 aromatic carbocycles. The van der Waals surface area contributed by atoms with Gasteiger partial charge in [0.1, 0.15) is 5.82 Å². The van der Waals surface area contributed by atoms with Crippen molar-refractivity contribution < 1.29 is 0 Å². The van der Waals surface area contributed by atoms with Crippen LogP contribution >= 0.6 is 0 Å². The highest BCUT2D eigenvalue weighted by atomic mass is 15.4. The lowest BCUT2D eigenvalue weighted by molar-refractivity contribution is 0.663. The van der Waals surface area contributed by atoms with E-state index >= 15 is 0 Å².